The van der Waals surface area contributed by atoms with E-state index < -0.39 is 36.6 Å². The summed E-state index contributed by atoms with van der Waals surface area (Å²) in [5.74, 6) is -1.51. The van der Waals surface area contributed by atoms with Gasteiger partial charge in [-0.15, -0.1) is 0 Å². The number of phenols is 1. The lowest BCUT2D eigenvalue weighted by atomic mass is 10.0. The molecule has 0 aliphatic rings. The Balaban J connectivity index is 1.91. The Labute approximate surface area is 167 Å². The van der Waals surface area contributed by atoms with Crippen molar-refractivity contribution in [1.82, 2.24) is 10.6 Å². The Morgan fingerprint density at radius 2 is 1.59 bits per heavy atom. The Bertz CT molecular complexity index is 826. The first-order valence-electron chi connectivity index (χ1n) is 8.84. The van der Waals surface area contributed by atoms with Crippen LogP contribution in [0.25, 0.3) is 0 Å². The van der Waals surface area contributed by atoms with Crippen LogP contribution in [0, 0.1) is 0 Å². The number of aromatic hydroxyl groups is 1. The highest BCUT2D eigenvalue weighted by molar-refractivity contribution is 5.91. The number of hydrogen-bond acceptors (Lipinski definition) is 6. The molecule has 0 radical (unpaired) electrons. The highest BCUT2D eigenvalue weighted by atomic mass is 16.5. The van der Waals surface area contributed by atoms with Crippen molar-refractivity contribution in [3.8, 4) is 5.75 Å². The van der Waals surface area contributed by atoms with E-state index >= 15 is 0 Å². The van der Waals surface area contributed by atoms with E-state index in [0.717, 1.165) is 5.56 Å². The van der Waals surface area contributed by atoms with Crippen LogP contribution in [-0.4, -0.2) is 46.8 Å². The predicted octanol–water partition coefficient (Wildman–Crippen LogP) is 0.192. The maximum atomic E-state index is 12.4. The molecule has 2 aromatic carbocycles. The van der Waals surface area contributed by atoms with Crippen LogP contribution in [0.15, 0.2) is 54.6 Å². The summed E-state index contributed by atoms with van der Waals surface area (Å²) in [6.07, 6.45) is -0.810. The summed E-state index contributed by atoms with van der Waals surface area (Å²) in [5.41, 5.74) is 6.75. The molecule has 9 heteroatoms. The molecule has 29 heavy (non-hydrogen) atoms. The van der Waals surface area contributed by atoms with Crippen molar-refractivity contribution in [2.24, 2.45) is 5.73 Å². The Morgan fingerprint density at radius 3 is 2.17 bits per heavy atom. The summed E-state index contributed by atoms with van der Waals surface area (Å²) in [5, 5.41) is 23.4. The number of carbonyl (C=O) groups is 3. The average Bonchev–Trinajstić information content (AvgIpc) is 2.72. The van der Waals surface area contributed by atoms with Gasteiger partial charge in [-0.25, -0.2) is 4.79 Å². The first-order chi connectivity index (χ1) is 13.9. The van der Waals surface area contributed by atoms with Crippen LogP contribution in [0.4, 0.5) is 4.79 Å². The minimum absolute atomic E-state index is 0.00277. The van der Waals surface area contributed by atoms with Crippen LogP contribution in [0.3, 0.4) is 0 Å². The largest absolute Gasteiger partial charge is 0.508 e. The molecule has 3 amide bonds. The molecule has 0 aromatic heterocycles. The van der Waals surface area contributed by atoms with Crippen LogP contribution in [0.2, 0.25) is 0 Å². The molecule has 2 atom stereocenters. The highest BCUT2D eigenvalue weighted by Gasteiger charge is 2.25. The average molecular weight is 401 g/mol. The van der Waals surface area contributed by atoms with E-state index in [1.54, 1.807) is 36.4 Å². The first-order valence-corrected chi connectivity index (χ1v) is 8.84. The van der Waals surface area contributed by atoms with Crippen molar-refractivity contribution >= 4 is 17.9 Å². The molecule has 0 bridgehead atoms. The lowest BCUT2D eigenvalue weighted by Gasteiger charge is -2.20. The van der Waals surface area contributed by atoms with Gasteiger partial charge in [0.25, 0.3) is 0 Å². The second kappa shape index (κ2) is 10.7. The molecule has 2 rings (SSSR count). The predicted molar refractivity (Wildman–Crippen MR) is 104 cm³/mol. The van der Waals surface area contributed by atoms with Crippen molar-refractivity contribution in [3.63, 3.8) is 0 Å². The van der Waals surface area contributed by atoms with Crippen molar-refractivity contribution in [2.45, 2.75) is 25.1 Å². The number of primary amides is 1. The third kappa shape index (κ3) is 7.15. The zero-order valence-corrected chi connectivity index (χ0v) is 15.6. The highest BCUT2D eigenvalue weighted by Crippen LogP contribution is 2.11. The molecule has 0 saturated carbocycles. The van der Waals surface area contributed by atoms with Gasteiger partial charge in [-0.1, -0.05) is 42.5 Å². The number of phenolic OH excluding ortho intramolecular Hbond substituents is 1. The van der Waals surface area contributed by atoms with E-state index in [0.29, 0.717) is 5.56 Å². The van der Waals surface area contributed by atoms with Crippen molar-refractivity contribution in [2.75, 3.05) is 6.61 Å². The molecule has 2 unspecified atom stereocenters. The first kappa shape index (κ1) is 21.7. The fourth-order valence-electron chi connectivity index (χ4n) is 2.46. The second-order valence-corrected chi connectivity index (χ2v) is 6.28. The number of aliphatic hydroxyl groups excluding tert-OH is 1. The summed E-state index contributed by atoms with van der Waals surface area (Å²) < 4.78 is 5.01. The molecule has 0 aliphatic carbocycles. The monoisotopic (exact) mass is 401 g/mol. The molecule has 0 spiro atoms. The maximum Gasteiger partial charge on any atom is 0.408 e. The number of rotatable bonds is 9. The zero-order valence-electron chi connectivity index (χ0n) is 15.6. The molecule has 9 nitrogen and oxygen atoms in total. The molecule has 6 N–H and O–H groups in total. The summed E-state index contributed by atoms with van der Waals surface area (Å²) >= 11 is 0. The topological polar surface area (TPSA) is 151 Å². The van der Waals surface area contributed by atoms with Gasteiger partial charge in [-0.05, 0) is 23.3 Å². The van der Waals surface area contributed by atoms with E-state index in [1.807, 2.05) is 6.07 Å². The van der Waals surface area contributed by atoms with Crippen molar-refractivity contribution in [3.05, 3.63) is 65.7 Å². The number of nitrogens with two attached hydrogens (primary N) is 1. The van der Waals surface area contributed by atoms with E-state index in [1.165, 1.54) is 12.1 Å². The third-order valence-electron chi connectivity index (χ3n) is 4.04. The van der Waals surface area contributed by atoms with Crippen LogP contribution >= 0.6 is 0 Å². The van der Waals surface area contributed by atoms with Crippen molar-refractivity contribution < 1.29 is 29.3 Å². The molecule has 0 aliphatic heterocycles. The quantitative estimate of drug-likeness (QED) is 0.405. The number of ether oxygens (including phenoxy) is 1. The van der Waals surface area contributed by atoms with Crippen molar-refractivity contribution in [1.29, 1.82) is 0 Å². The van der Waals surface area contributed by atoms with E-state index in [4.69, 9.17) is 10.5 Å². The fourth-order valence-corrected chi connectivity index (χ4v) is 2.46. The number of nitrogens with one attached hydrogen (secondary N) is 2. The van der Waals surface area contributed by atoms with Crippen LogP contribution in [0.1, 0.15) is 11.1 Å². The molecule has 2 aromatic rings. The lowest BCUT2D eigenvalue weighted by molar-refractivity contribution is -0.129. The summed E-state index contributed by atoms with van der Waals surface area (Å²) in [6.45, 7) is -0.700. The molecule has 0 heterocycles. The minimum atomic E-state index is -1.32. The van der Waals surface area contributed by atoms with E-state index in [-0.39, 0.29) is 18.8 Å². The van der Waals surface area contributed by atoms with E-state index in [2.05, 4.69) is 10.6 Å². The minimum Gasteiger partial charge on any atom is -0.508 e. The maximum absolute atomic E-state index is 12.4. The van der Waals surface area contributed by atoms with Gasteiger partial charge in [0.1, 0.15) is 24.4 Å². The summed E-state index contributed by atoms with van der Waals surface area (Å²) in [4.78, 5) is 35.9. The normalized spacial score (nSPS) is 12.4. The van der Waals surface area contributed by atoms with Crippen LogP contribution < -0.4 is 16.4 Å². The second-order valence-electron chi connectivity index (χ2n) is 6.28. The molecule has 0 fully saturated rings. The number of aliphatic hydroxyl groups is 1. The molecular formula is C20H23N3O6. The van der Waals surface area contributed by atoms with Crippen LogP contribution in [0.5, 0.6) is 5.75 Å². The Morgan fingerprint density at radius 1 is 0.931 bits per heavy atom. The van der Waals surface area contributed by atoms with Gasteiger partial charge >= 0.3 is 6.09 Å². The number of carbonyl (C=O) groups excluding carboxylic acids is 3. The summed E-state index contributed by atoms with van der Waals surface area (Å²) in [7, 11) is 0. The summed E-state index contributed by atoms with van der Waals surface area (Å²) in [6, 6.07) is 12.6. The number of benzene rings is 2. The number of amides is 3. The molecular weight excluding hydrogens is 378 g/mol. The number of hydrogen-bond donors (Lipinski definition) is 5. The SMILES string of the molecule is NC(=O)C(Cc1ccc(O)cc1)NC(=O)C(CO)NC(=O)OCc1ccccc1. The van der Waals surface area contributed by atoms with Gasteiger partial charge in [0.15, 0.2) is 0 Å². The Hall–Kier alpha value is -3.59. The van der Waals surface area contributed by atoms with E-state index in [9.17, 15) is 24.6 Å². The standard InChI is InChI=1S/C20H23N3O6/c21-18(26)16(10-13-6-8-15(25)9-7-13)22-19(27)17(11-24)23-20(28)29-12-14-4-2-1-3-5-14/h1-9,16-17,24-25H,10-12H2,(H2,21,26)(H,22,27)(H,23,28). The third-order valence-corrected chi connectivity index (χ3v) is 4.04. The molecule has 154 valence electrons. The lowest BCUT2D eigenvalue weighted by Crippen LogP contribution is -2.54. The van der Waals surface area contributed by atoms with Gasteiger partial charge in [-0.3, -0.25) is 9.59 Å². The van der Waals surface area contributed by atoms with Crippen LogP contribution in [-0.2, 0) is 27.4 Å². The van der Waals surface area contributed by atoms with Gasteiger partial charge in [0.2, 0.25) is 11.8 Å². The van der Waals surface area contributed by atoms with Gasteiger partial charge in [0, 0.05) is 6.42 Å². The fraction of sp³-hybridized carbons (Fsp3) is 0.250. The molecule has 0 saturated heterocycles. The smallest absolute Gasteiger partial charge is 0.408 e. The van der Waals surface area contributed by atoms with Gasteiger partial charge < -0.3 is 31.3 Å². The van der Waals surface area contributed by atoms with Gasteiger partial charge in [-0.2, -0.15) is 0 Å². The van der Waals surface area contributed by atoms with Gasteiger partial charge in [0.05, 0.1) is 6.61 Å². The zero-order chi connectivity index (χ0) is 21.2. The number of alkyl carbamates (subject to hydrolysis) is 1. The Kier molecular flexibility index (Phi) is 7.99.